The molecule has 1 aromatic rings. The lowest BCUT2D eigenvalue weighted by molar-refractivity contribution is 0.0998. The van der Waals surface area contributed by atoms with Crippen LogP contribution in [0, 0.1) is 5.92 Å². The van der Waals surface area contributed by atoms with Crippen LogP contribution >= 0.6 is 0 Å². The summed E-state index contributed by atoms with van der Waals surface area (Å²) < 4.78 is 1.89. The van der Waals surface area contributed by atoms with Crippen LogP contribution in [0.5, 0.6) is 0 Å². The number of nitrogens with zero attached hydrogens (tertiary/aromatic N) is 4. The zero-order chi connectivity index (χ0) is 16.2. The fourth-order valence-corrected chi connectivity index (χ4v) is 3.48. The van der Waals surface area contributed by atoms with Crippen LogP contribution in [0.25, 0.3) is 0 Å². The molecule has 3 heterocycles. The second-order valence-electron chi connectivity index (χ2n) is 6.55. The second kappa shape index (κ2) is 7.02. The molecule has 4 N–H and O–H groups in total. The SMILES string of the molecule is NC(=O)c1cnn2c1CC(CN=C(N)N1CCCCCC1)CC2. The smallest absolute Gasteiger partial charge is 0.252 e. The van der Waals surface area contributed by atoms with Crippen molar-refractivity contribution in [3.8, 4) is 0 Å². The van der Waals surface area contributed by atoms with Crippen molar-refractivity contribution in [1.82, 2.24) is 14.7 Å². The summed E-state index contributed by atoms with van der Waals surface area (Å²) in [6.07, 6.45) is 8.33. The third kappa shape index (κ3) is 3.65. The molecule has 7 heteroatoms. The summed E-state index contributed by atoms with van der Waals surface area (Å²) in [7, 11) is 0. The van der Waals surface area contributed by atoms with E-state index in [0.29, 0.717) is 24.0 Å². The molecule has 0 bridgehead atoms. The van der Waals surface area contributed by atoms with Gasteiger partial charge in [-0.05, 0) is 31.6 Å². The number of hydrogen-bond donors (Lipinski definition) is 2. The first-order valence-electron chi connectivity index (χ1n) is 8.54. The Bertz CT molecular complexity index is 585. The van der Waals surface area contributed by atoms with Crippen molar-refractivity contribution in [2.45, 2.75) is 45.1 Å². The number of likely N-dealkylation sites (tertiary alicyclic amines) is 1. The summed E-state index contributed by atoms with van der Waals surface area (Å²) in [5.74, 6) is 0.656. The first-order chi connectivity index (χ1) is 11.1. The van der Waals surface area contributed by atoms with Crippen LogP contribution in [0.1, 0.15) is 48.2 Å². The predicted octanol–water partition coefficient (Wildman–Crippen LogP) is 0.735. The maximum absolute atomic E-state index is 11.5. The number of primary amides is 1. The van der Waals surface area contributed by atoms with E-state index in [1.54, 1.807) is 6.20 Å². The first-order valence-corrected chi connectivity index (χ1v) is 8.54. The lowest BCUT2D eigenvalue weighted by Crippen LogP contribution is -2.38. The van der Waals surface area contributed by atoms with E-state index in [-0.39, 0.29) is 0 Å². The van der Waals surface area contributed by atoms with Crippen molar-refractivity contribution < 1.29 is 4.79 Å². The minimum atomic E-state index is -0.403. The fourth-order valence-electron chi connectivity index (χ4n) is 3.48. The van der Waals surface area contributed by atoms with Crippen molar-refractivity contribution in [3.63, 3.8) is 0 Å². The molecule has 3 rings (SSSR count). The number of nitrogens with two attached hydrogens (primary N) is 2. The van der Waals surface area contributed by atoms with E-state index in [2.05, 4.69) is 15.0 Å². The van der Waals surface area contributed by atoms with Crippen LogP contribution in [0.4, 0.5) is 0 Å². The molecule has 0 aromatic carbocycles. The van der Waals surface area contributed by atoms with Crippen LogP contribution in [0.3, 0.4) is 0 Å². The molecule has 7 nitrogen and oxygen atoms in total. The Morgan fingerprint density at radius 2 is 1.96 bits per heavy atom. The molecule has 0 radical (unpaired) electrons. The van der Waals surface area contributed by atoms with Crippen LogP contribution in [-0.2, 0) is 13.0 Å². The monoisotopic (exact) mass is 318 g/mol. The standard InChI is InChI=1S/C16H26N6O/c17-15(23)13-11-20-22-8-5-12(9-14(13)22)10-19-16(18)21-6-3-1-2-4-7-21/h11-12H,1-10H2,(H2,17,23)(H2,18,19). The van der Waals surface area contributed by atoms with Crippen molar-refractivity contribution in [2.75, 3.05) is 19.6 Å². The van der Waals surface area contributed by atoms with Crippen molar-refractivity contribution in [1.29, 1.82) is 0 Å². The van der Waals surface area contributed by atoms with Gasteiger partial charge in [-0.3, -0.25) is 14.5 Å². The highest BCUT2D eigenvalue weighted by Gasteiger charge is 2.24. The maximum Gasteiger partial charge on any atom is 0.252 e. The number of aromatic nitrogens is 2. The Morgan fingerprint density at radius 1 is 1.22 bits per heavy atom. The van der Waals surface area contributed by atoms with Crippen LogP contribution in [-0.4, -0.2) is 46.2 Å². The normalized spacial score (nSPS) is 22.5. The van der Waals surface area contributed by atoms with E-state index >= 15 is 0 Å². The van der Waals surface area contributed by atoms with Gasteiger partial charge in [0.1, 0.15) is 0 Å². The quantitative estimate of drug-likeness (QED) is 0.633. The Kier molecular flexibility index (Phi) is 4.83. The van der Waals surface area contributed by atoms with E-state index in [4.69, 9.17) is 11.5 Å². The summed E-state index contributed by atoms with van der Waals surface area (Å²) in [5, 5.41) is 4.24. The highest BCUT2D eigenvalue weighted by Crippen LogP contribution is 2.23. The predicted molar refractivity (Wildman–Crippen MR) is 89.1 cm³/mol. The van der Waals surface area contributed by atoms with Crippen molar-refractivity contribution >= 4 is 11.9 Å². The number of guanidine groups is 1. The number of rotatable bonds is 3. The van der Waals surface area contributed by atoms with Crippen molar-refractivity contribution in [2.24, 2.45) is 22.4 Å². The third-order valence-corrected chi connectivity index (χ3v) is 4.89. The number of fused-ring (bicyclic) bond motifs is 1. The van der Waals surface area contributed by atoms with Gasteiger partial charge in [0, 0.05) is 26.2 Å². The Balaban J connectivity index is 1.61. The van der Waals surface area contributed by atoms with Gasteiger partial charge in [0.25, 0.3) is 5.91 Å². The van der Waals surface area contributed by atoms with Gasteiger partial charge in [-0.2, -0.15) is 5.10 Å². The molecule has 1 atom stereocenters. The lowest BCUT2D eigenvalue weighted by atomic mass is 9.94. The molecule has 1 amide bonds. The summed E-state index contributed by atoms with van der Waals surface area (Å²) in [6, 6.07) is 0. The van der Waals surface area contributed by atoms with Gasteiger partial charge in [-0.1, -0.05) is 12.8 Å². The molecule has 1 fully saturated rings. The summed E-state index contributed by atoms with van der Waals surface area (Å²) in [5.41, 5.74) is 13.1. The number of hydrogen-bond acceptors (Lipinski definition) is 3. The molecule has 1 aromatic heterocycles. The molecule has 2 aliphatic heterocycles. The molecule has 1 unspecified atom stereocenters. The summed E-state index contributed by atoms with van der Waals surface area (Å²) in [6.45, 7) is 3.54. The largest absolute Gasteiger partial charge is 0.370 e. The minimum absolute atomic E-state index is 0.392. The highest BCUT2D eigenvalue weighted by molar-refractivity contribution is 5.93. The minimum Gasteiger partial charge on any atom is -0.370 e. The number of aliphatic imine (C=N–C) groups is 1. The summed E-state index contributed by atoms with van der Waals surface area (Å²) in [4.78, 5) is 18.3. The fraction of sp³-hybridized carbons (Fsp3) is 0.688. The lowest BCUT2D eigenvalue weighted by Gasteiger charge is -2.24. The average Bonchev–Trinajstić information content (AvgIpc) is 2.77. The van der Waals surface area contributed by atoms with Gasteiger partial charge in [-0.15, -0.1) is 0 Å². The van der Waals surface area contributed by atoms with Crippen LogP contribution in [0.15, 0.2) is 11.2 Å². The van der Waals surface area contributed by atoms with Gasteiger partial charge in [0.2, 0.25) is 0 Å². The zero-order valence-corrected chi connectivity index (χ0v) is 13.6. The van der Waals surface area contributed by atoms with E-state index in [1.165, 1.54) is 25.7 Å². The van der Waals surface area contributed by atoms with Gasteiger partial charge < -0.3 is 16.4 Å². The molecular weight excluding hydrogens is 292 g/mol. The van der Waals surface area contributed by atoms with E-state index in [0.717, 1.165) is 38.2 Å². The zero-order valence-electron chi connectivity index (χ0n) is 13.6. The molecule has 126 valence electrons. The Morgan fingerprint density at radius 3 is 2.65 bits per heavy atom. The number of amides is 1. The first kappa shape index (κ1) is 15.8. The molecule has 0 spiro atoms. The molecule has 1 saturated heterocycles. The number of aryl methyl sites for hydroxylation is 1. The van der Waals surface area contributed by atoms with Gasteiger partial charge in [0.05, 0.1) is 17.5 Å². The van der Waals surface area contributed by atoms with Gasteiger partial charge in [-0.25, -0.2) is 0 Å². The van der Waals surface area contributed by atoms with E-state index in [9.17, 15) is 4.79 Å². The number of carbonyl (C=O) groups excluding carboxylic acids is 1. The maximum atomic E-state index is 11.5. The molecule has 0 aliphatic carbocycles. The molecule has 0 saturated carbocycles. The molecule has 2 aliphatic rings. The van der Waals surface area contributed by atoms with Crippen molar-refractivity contribution in [3.05, 3.63) is 17.5 Å². The molecule has 23 heavy (non-hydrogen) atoms. The van der Waals surface area contributed by atoms with Gasteiger partial charge in [0.15, 0.2) is 5.96 Å². The third-order valence-electron chi connectivity index (χ3n) is 4.89. The molecular formula is C16H26N6O. The average molecular weight is 318 g/mol. The Labute approximate surface area is 136 Å². The van der Waals surface area contributed by atoms with E-state index in [1.807, 2.05) is 4.68 Å². The number of carbonyl (C=O) groups is 1. The summed E-state index contributed by atoms with van der Waals surface area (Å²) >= 11 is 0. The highest BCUT2D eigenvalue weighted by atomic mass is 16.1. The van der Waals surface area contributed by atoms with E-state index < -0.39 is 5.91 Å². The Hall–Kier alpha value is -2.05. The van der Waals surface area contributed by atoms with Crippen LogP contribution < -0.4 is 11.5 Å². The van der Waals surface area contributed by atoms with Gasteiger partial charge >= 0.3 is 0 Å². The van der Waals surface area contributed by atoms with Crippen LogP contribution in [0.2, 0.25) is 0 Å². The second-order valence-corrected chi connectivity index (χ2v) is 6.55. The topological polar surface area (TPSA) is 103 Å².